The second-order valence-electron chi connectivity index (χ2n) is 3.10. The number of hydrogen-bond acceptors (Lipinski definition) is 5. The summed E-state index contributed by atoms with van der Waals surface area (Å²) in [5.74, 6) is -0.0575. The second-order valence-corrected chi connectivity index (χ2v) is 3.96. The van der Waals surface area contributed by atoms with Crippen LogP contribution in [0.5, 0.6) is 0 Å². The Morgan fingerprint density at radius 2 is 2.50 bits per heavy atom. The van der Waals surface area contributed by atoms with Gasteiger partial charge in [-0.15, -0.1) is 11.3 Å². The van der Waals surface area contributed by atoms with Crippen LogP contribution in [0.25, 0.3) is 0 Å². The lowest BCUT2D eigenvalue weighted by atomic mass is 10.3. The summed E-state index contributed by atoms with van der Waals surface area (Å²) in [5.41, 5.74) is 0.569. The molecule has 0 unspecified atom stereocenters. The molecule has 0 aliphatic rings. The van der Waals surface area contributed by atoms with Crippen molar-refractivity contribution in [1.29, 1.82) is 0 Å². The first-order chi connectivity index (χ1) is 7.74. The van der Waals surface area contributed by atoms with Gasteiger partial charge in [0.05, 0.1) is 18.7 Å². The highest BCUT2D eigenvalue weighted by Gasteiger charge is 2.05. The zero-order valence-corrected chi connectivity index (χ0v) is 9.12. The van der Waals surface area contributed by atoms with Crippen molar-refractivity contribution < 1.29 is 9.90 Å². The molecule has 0 fully saturated rings. The van der Waals surface area contributed by atoms with Crippen LogP contribution in [0.3, 0.4) is 0 Å². The summed E-state index contributed by atoms with van der Waals surface area (Å²) in [6.45, 7) is 0.549. The van der Waals surface area contributed by atoms with Crippen molar-refractivity contribution in [2.24, 2.45) is 0 Å². The lowest BCUT2D eigenvalue weighted by Crippen LogP contribution is -2.02. The maximum absolute atomic E-state index is 10.5. The molecule has 0 radical (unpaired) electrons. The molecule has 0 atom stereocenters. The van der Waals surface area contributed by atoms with Crippen molar-refractivity contribution in [3.05, 3.63) is 29.3 Å². The largest absolute Gasteiger partial charge is 0.481 e. The van der Waals surface area contributed by atoms with Crippen LogP contribution in [-0.4, -0.2) is 26.0 Å². The number of carboxylic acids is 1. The van der Waals surface area contributed by atoms with Crippen molar-refractivity contribution in [2.45, 2.75) is 13.0 Å². The average Bonchev–Trinajstić information content (AvgIpc) is 2.84. The summed E-state index contributed by atoms with van der Waals surface area (Å²) in [7, 11) is 0. The number of aromatic amines is 1. The second kappa shape index (κ2) is 4.75. The van der Waals surface area contributed by atoms with E-state index in [4.69, 9.17) is 5.11 Å². The molecule has 6 nitrogen and oxygen atoms in total. The molecule has 0 amide bonds. The van der Waals surface area contributed by atoms with Gasteiger partial charge in [-0.2, -0.15) is 0 Å². The van der Waals surface area contributed by atoms with Gasteiger partial charge in [-0.1, -0.05) is 0 Å². The third-order valence-corrected chi connectivity index (χ3v) is 2.69. The van der Waals surface area contributed by atoms with E-state index in [1.54, 1.807) is 17.8 Å². The quantitative estimate of drug-likeness (QED) is 0.725. The van der Waals surface area contributed by atoms with E-state index in [-0.39, 0.29) is 6.42 Å². The van der Waals surface area contributed by atoms with Gasteiger partial charge in [0.25, 0.3) is 0 Å². The Morgan fingerprint density at radius 1 is 1.62 bits per heavy atom. The van der Waals surface area contributed by atoms with Crippen LogP contribution in [0.4, 0.5) is 5.13 Å². The number of imidazole rings is 1. The van der Waals surface area contributed by atoms with E-state index in [0.29, 0.717) is 17.4 Å². The first-order valence-corrected chi connectivity index (χ1v) is 5.50. The lowest BCUT2D eigenvalue weighted by molar-refractivity contribution is -0.136. The van der Waals surface area contributed by atoms with Gasteiger partial charge in [0.1, 0.15) is 5.82 Å². The first-order valence-electron chi connectivity index (χ1n) is 4.62. The van der Waals surface area contributed by atoms with Gasteiger partial charge < -0.3 is 15.4 Å². The van der Waals surface area contributed by atoms with Crippen molar-refractivity contribution in [3.63, 3.8) is 0 Å². The van der Waals surface area contributed by atoms with Gasteiger partial charge in [-0.3, -0.25) is 4.79 Å². The summed E-state index contributed by atoms with van der Waals surface area (Å²) in [6, 6.07) is 0. The number of aromatic nitrogens is 3. The van der Waals surface area contributed by atoms with Gasteiger partial charge >= 0.3 is 5.97 Å². The molecule has 0 aliphatic heterocycles. The topological polar surface area (TPSA) is 90.9 Å². The minimum Gasteiger partial charge on any atom is -0.481 e. The van der Waals surface area contributed by atoms with Gasteiger partial charge in [0, 0.05) is 17.8 Å². The summed E-state index contributed by atoms with van der Waals surface area (Å²) in [5, 5.41) is 14.1. The number of hydrogen-bond donors (Lipinski definition) is 3. The van der Waals surface area contributed by atoms with Gasteiger partial charge in [0.15, 0.2) is 5.13 Å². The normalized spacial score (nSPS) is 10.2. The van der Waals surface area contributed by atoms with Crippen molar-refractivity contribution in [1.82, 2.24) is 15.0 Å². The molecule has 2 aromatic rings. The predicted octanol–water partition coefficient (Wildman–Crippen LogP) is 1.11. The number of H-pyrrole nitrogens is 1. The monoisotopic (exact) mass is 238 g/mol. The highest BCUT2D eigenvalue weighted by atomic mass is 32.1. The fourth-order valence-corrected chi connectivity index (χ4v) is 1.89. The molecule has 0 spiro atoms. The van der Waals surface area contributed by atoms with Crippen LogP contribution in [0, 0.1) is 0 Å². The van der Waals surface area contributed by atoms with Crippen molar-refractivity contribution in [2.75, 3.05) is 5.32 Å². The molecule has 2 aromatic heterocycles. The van der Waals surface area contributed by atoms with E-state index in [1.807, 2.05) is 0 Å². The SMILES string of the molecule is O=C(O)Cc1csc(NCc2ncc[nH]2)n1. The molecule has 0 saturated carbocycles. The summed E-state index contributed by atoms with van der Waals surface area (Å²) >= 11 is 1.39. The molecular weight excluding hydrogens is 228 g/mol. The zero-order valence-electron chi connectivity index (χ0n) is 8.30. The van der Waals surface area contributed by atoms with Crippen LogP contribution in [0.2, 0.25) is 0 Å². The third kappa shape index (κ3) is 2.80. The number of aliphatic carboxylic acids is 1. The molecule has 3 N–H and O–H groups in total. The summed E-state index contributed by atoms with van der Waals surface area (Å²) < 4.78 is 0. The fraction of sp³-hybridized carbons (Fsp3) is 0.222. The highest BCUT2D eigenvalue weighted by molar-refractivity contribution is 7.13. The van der Waals surface area contributed by atoms with Crippen LogP contribution >= 0.6 is 11.3 Å². The minimum atomic E-state index is -0.872. The smallest absolute Gasteiger partial charge is 0.309 e. The number of anilines is 1. The van der Waals surface area contributed by atoms with Crippen LogP contribution in [0.1, 0.15) is 11.5 Å². The summed E-state index contributed by atoms with van der Waals surface area (Å²) in [4.78, 5) is 21.6. The Kier molecular flexibility index (Phi) is 3.16. The minimum absolute atomic E-state index is 0.0427. The molecule has 7 heteroatoms. The standard InChI is InChI=1S/C9H10N4O2S/c14-8(15)3-6-5-16-9(13-6)12-4-7-10-1-2-11-7/h1-2,5H,3-4H2,(H,10,11)(H,12,13)(H,14,15). The van der Waals surface area contributed by atoms with Crippen LogP contribution in [-0.2, 0) is 17.8 Å². The summed E-state index contributed by atoms with van der Waals surface area (Å²) in [6.07, 6.45) is 3.38. The van der Waals surface area contributed by atoms with Gasteiger partial charge in [0.2, 0.25) is 0 Å². The molecule has 0 aromatic carbocycles. The van der Waals surface area contributed by atoms with Crippen LogP contribution < -0.4 is 5.32 Å². The molecule has 0 saturated heterocycles. The van der Waals surface area contributed by atoms with E-state index in [2.05, 4.69) is 20.3 Å². The van der Waals surface area contributed by atoms with E-state index < -0.39 is 5.97 Å². The zero-order chi connectivity index (χ0) is 11.4. The average molecular weight is 238 g/mol. The number of nitrogens with zero attached hydrogens (tertiary/aromatic N) is 2. The molecule has 0 bridgehead atoms. The predicted molar refractivity (Wildman–Crippen MR) is 59.4 cm³/mol. The Bertz CT molecular complexity index is 466. The molecular formula is C9H10N4O2S. The number of nitrogens with one attached hydrogen (secondary N) is 2. The number of carboxylic acid groups (broad SMARTS) is 1. The van der Waals surface area contributed by atoms with E-state index in [0.717, 1.165) is 5.82 Å². The Morgan fingerprint density at radius 3 is 3.19 bits per heavy atom. The highest BCUT2D eigenvalue weighted by Crippen LogP contribution is 2.16. The number of thiazole rings is 1. The van der Waals surface area contributed by atoms with Gasteiger partial charge in [-0.05, 0) is 0 Å². The van der Waals surface area contributed by atoms with E-state index in [9.17, 15) is 4.79 Å². The lowest BCUT2D eigenvalue weighted by Gasteiger charge is -1.98. The number of carbonyl (C=O) groups is 1. The van der Waals surface area contributed by atoms with E-state index >= 15 is 0 Å². The van der Waals surface area contributed by atoms with Gasteiger partial charge in [-0.25, -0.2) is 9.97 Å². The Hall–Kier alpha value is -1.89. The van der Waals surface area contributed by atoms with Crippen LogP contribution in [0.15, 0.2) is 17.8 Å². The fourth-order valence-electron chi connectivity index (χ4n) is 1.18. The van der Waals surface area contributed by atoms with Crippen molar-refractivity contribution in [3.8, 4) is 0 Å². The van der Waals surface area contributed by atoms with Crippen molar-refractivity contribution >= 4 is 22.4 Å². The maximum atomic E-state index is 10.5. The Balaban J connectivity index is 1.90. The number of rotatable bonds is 5. The van der Waals surface area contributed by atoms with E-state index in [1.165, 1.54) is 11.3 Å². The first kappa shape index (κ1) is 10.6. The molecule has 0 aliphatic carbocycles. The maximum Gasteiger partial charge on any atom is 0.309 e. The molecule has 2 heterocycles. The molecule has 2 rings (SSSR count). The molecule has 16 heavy (non-hydrogen) atoms. The molecule has 84 valence electrons. The Labute approximate surface area is 95.4 Å². The third-order valence-electron chi connectivity index (χ3n) is 1.85.